The number of nitrogens with zero attached hydrogens (tertiary/aromatic N) is 1. The summed E-state index contributed by atoms with van der Waals surface area (Å²) in [4.78, 5) is 2.51. The smallest absolute Gasteiger partial charge is 0.125 e. The molecule has 1 N–H and O–H groups in total. The molecule has 1 spiro atoms. The lowest BCUT2D eigenvalue weighted by Crippen LogP contribution is -2.50. The van der Waals surface area contributed by atoms with Crippen molar-refractivity contribution in [2.75, 3.05) is 19.6 Å². The Kier molecular flexibility index (Phi) is 3.74. The predicted octanol–water partition coefficient (Wildman–Crippen LogP) is 3.06. The normalized spacial score (nSPS) is 25.2. The van der Waals surface area contributed by atoms with Crippen LogP contribution < -0.4 is 4.74 Å². The van der Waals surface area contributed by atoms with Gasteiger partial charge in [0.1, 0.15) is 11.4 Å². The molecule has 2 aliphatic rings. The van der Waals surface area contributed by atoms with Gasteiger partial charge in [-0.2, -0.15) is 0 Å². The first-order valence-corrected chi connectivity index (χ1v) is 7.82. The molecule has 1 atom stereocenters. The molecule has 0 saturated carbocycles. The van der Waals surface area contributed by atoms with Gasteiger partial charge < -0.3 is 14.7 Å². The fourth-order valence-corrected chi connectivity index (χ4v) is 3.57. The van der Waals surface area contributed by atoms with Crippen LogP contribution >= 0.6 is 0 Å². The molecule has 1 fully saturated rings. The molecule has 0 radical (unpaired) electrons. The van der Waals surface area contributed by atoms with Crippen molar-refractivity contribution in [3.05, 3.63) is 29.3 Å². The zero-order valence-corrected chi connectivity index (χ0v) is 12.6. The van der Waals surface area contributed by atoms with Crippen molar-refractivity contribution in [3.8, 4) is 5.75 Å². The van der Waals surface area contributed by atoms with Gasteiger partial charge in [0.15, 0.2) is 0 Å². The van der Waals surface area contributed by atoms with Crippen LogP contribution in [0.4, 0.5) is 0 Å². The van der Waals surface area contributed by atoms with Crippen LogP contribution in [0.15, 0.2) is 18.2 Å². The first kappa shape index (κ1) is 13.9. The van der Waals surface area contributed by atoms with Crippen LogP contribution in [-0.2, 0) is 0 Å². The number of aliphatic hydroxyl groups is 1. The molecule has 3 rings (SSSR count). The van der Waals surface area contributed by atoms with Crippen LogP contribution in [0.25, 0.3) is 0 Å². The summed E-state index contributed by atoms with van der Waals surface area (Å²) in [6.07, 6.45) is 3.62. The van der Waals surface area contributed by atoms with E-state index in [1.165, 1.54) is 18.5 Å². The Morgan fingerprint density at radius 3 is 2.80 bits per heavy atom. The van der Waals surface area contributed by atoms with Gasteiger partial charge in [0.2, 0.25) is 0 Å². The van der Waals surface area contributed by atoms with Gasteiger partial charge in [0, 0.05) is 25.1 Å². The minimum atomic E-state index is -0.378. The Morgan fingerprint density at radius 1 is 1.35 bits per heavy atom. The molecule has 110 valence electrons. The maximum atomic E-state index is 10.5. The van der Waals surface area contributed by atoms with Crippen molar-refractivity contribution in [1.82, 2.24) is 4.90 Å². The Bertz CT molecular complexity index is 478. The van der Waals surface area contributed by atoms with Crippen molar-refractivity contribution < 1.29 is 9.84 Å². The number of ether oxygens (including phenoxy) is 1. The molecule has 0 bridgehead atoms. The number of aliphatic hydroxyl groups excluding tert-OH is 1. The number of likely N-dealkylation sites (tertiary alicyclic amines) is 1. The van der Waals surface area contributed by atoms with Crippen LogP contribution in [0.5, 0.6) is 5.75 Å². The summed E-state index contributed by atoms with van der Waals surface area (Å²) in [5.74, 6) is 0.887. The number of benzene rings is 1. The molecule has 20 heavy (non-hydrogen) atoms. The second kappa shape index (κ2) is 5.38. The SMILES string of the molecule is CCCN1CCC2(CC1)CC(O)c1cc(C)ccc1O2. The lowest BCUT2D eigenvalue weighted by molar-refractivity contribution is -0.0538. The summed E-state index contributed by atoms with van der Waals surface area (Å²) in [5.41, 5.74) is 2.00. The largest absolute Gasteiger partial charge is 0.487 e. The van der Waals surface area contributed by atoms with Gasteiger partial charge >= 0.3 is 0 Å². The van der Waals surface area contributed by atoms with Crippen LogP contribution in [0.3, 0.4) is 0 Å². The zero-order valence-electron chi connectivity index (χ0n) is 12.6. The number of aryl methyl sites for hydroxylation is 1. The third kappa shape index (κ3) is 2.57. The lowest BCUT2D eigenvalue weighted by atomic mass is 9.81. The van der Waals surface area contributed by atoms with Gasteiger partial charge in [0.25, 0.3) is 0 Å². The molecule has 1 aromatic rings. The van der Waals surface area contributed by atoms with Crippen molar-refractivity contribution in [2.45, 2.75) is 51.2 Å². The molecule has 1 saturated heterocycles. The topological polar surface area (TPSA) is 32.7 Å². The van der Waals surface area contributed by atoms with E-state index < -0.39 is 0 Å². The molecule has 0 amide bonds. The number of hydrogen-bond acceptors (Lipinski definition) is 3. The lowest BCUT2D eigenvalue weighted by Gasteiger charge is -2.46. The van der Waals surface area contributed by atoms with E-state index >= 15 is 0 Å². The molecule has 2 aliphatic heterocycles. The number of fused-ring (bicyclic) bond motifs is 1. The van der Waals surface area contributed by atoms with E-state index in [0.29, 0.717) is 0 Å². The van der Waals surface area contributed by atoms with Crippen LogP contribution in [0, 0.1) is 6.92 Å². The molecular weight excluding hydrogens is 250 g/mol. The third-order valence-corrected chi connectivity index (χ3v) is 4.72. The molecule has 1 unspecified atom stereocenters. The Balaban J connectivity index is 1.76. The molecule has 3 heteroatoms. The molecule has 0 aromatic heterocycles. The second-order valence-electron chi connectivity index (χ2n) is 6.39. The maximum absolute atomic E-state index is 10.5. The highest BCUT2D eigenvalue weighted by Crippen LogP contribution is 2.44. The Labute approximate surface area is 121 Å². The maximum Gasteiger partial charge on any atom is 0.125 e. The van der Waals surface area contributed by atoms with Crippen LogP contribution in [0.1, 0.15) is 49.8 Å². The van der Waals surface area contributed by atoms with Gasteiger partial charge in [-0.15, -0.1) is 0 Å². The van der Waals surface area contributed by atoms with E-state index in [2.05, 4.69) is 30.9 Å². The van der Waals surface area contributed by atoms with Crippen molar-refractivity contribution in [1.29, 1.82) is 0 Å². The van der Waals surface area contributed by atoms with E-state index in [0.717, 1.165) is 43.7 Å². The summed E-state index contributed by atoms with van der Waals surface area (Å²) in [5, 5.41) is 10.5. The van der Waals surface area contributed by atoms with Crippen LogP contribution in [0.2, 0.25) is 0 Å². The number of piperidine rings is 1. The van der Waals surface area contributed by atoms with Crippen LogP contribution in [-0.4, -0.2) is 35.2 Å². The average Bonchev–Trinajstić information content (AvgIpc) is 2.43. The summed E-state index contributed by atoms with van der Waals surface area (Å²) in [6.45, 7) is 7.63. The third-order valence-electron chi connectivity index (χ3n) is 4.72. The zero-order chi connectivity index (χ0) is 14.2. The first-order valence-electron chi connectivity index (χ1n) is 7.82. The molecule has 0 aliphatic carbocycles. The minimum Gasteiger partial charge on any atom is -0.487 e. The highest BCUT2D eigenvalue weighted by atomic mass is 16.5. The van der Waals surface area contributed by atoms with E-state index in [1.807, 2.05) is 6.07 Å². The average molecular weight is 275 g/mol. The quantitative estimate of drug-likeness (QED) is 0.900. The van der Waals surface area contributed by atoms with Gasteiger partial charge in [-0.25, -0.2) is 0 Å². The summed E-state index contributed by atoms with van der Waals surface area (Å²) < 4.78 is 6.33. The summed E-state index contributed by atoms with van der Waals surface area (Å²) >= 11 is 0. The fourth-order valence-electron chi connectivity index (χ4n) is 3.57. The molecule has 1 aromatic carbocycles. The fraction of sp³-hybridized carbons (Fsp3) is 0.647. The van der Waals surface area contributed by atoms with E-state index in [-0.39, 0.29) is 11.7 Å². The summed E-state index contributed by atoms with van der Waals surface area (Å²) in [7, 11) is 0. The second-order valence-corrected chi connectivity index (χ2v) is 6.39. The van der Waals surface area contributed by atoms with E-state index in [1.54, 1.807) is 0 Å². The highest BCUT2D eigenvalue weighted by molar-refractivity contribution is 5.41. The molecule has 2 heterocycles. The Hall–Kier alpha value is -1.06. The van der Waals surface area contributed by atoms with E-state index in [4.69, 9.17) is 4.74 Å². The minimum absolute atomic E-state index is 0.147. The van der Waals surface area contributed by atoms with Gasteiger partial charge in [-0.3, -0.25) is 0 Å². The van der Waals surface area contributed by atoms with Crippen molar-refractivity contribution in [3.63, 3.8) is 0 Å². The van der Waals surface area contributed by atoms with Crippen molar-refractivity contribution in [2.24, 2.45) is 0 Å². The van der Waals surface area contributed by atoms with E-state index in [9.17, 15) is 5.11 Å². The monoisotopic (exact) mass is 275 g/mol. The van der Waals surface area contributed by atoms with Gasteiger partial charge in [-0.1, -0.05) is 18.6 Å². The van der Waals surface area contributed by atoms with Crippen molar-refractivity contribution >= 4 is 0 Å². The highest BCUT2D eigenvalue weighted by Gasteiger charge is 2.42. The van der Waals surface area contributed by atoms with Gasteiger partial charge in [-0.05, 0) is 44.9 Å². The molecular formula is C17H25NO2. The summed E-state index contributed by atoms with van der Waals surface area (Å²) in [6, 6.07) is 6.14. The van der Waals surface area contributed by atoms with Gasteiger partial charge in [0.05, 0.1) is 6.10 Å². The molecule has 3 nitrogen and oxygen atoms in total. The number of hydrogen-bond donors (Lipinski definition) is 1. The number of rotatable bonds is 2. The standard InChI is InChI=1S/C17H25NO2/c1-3-8-18-9-6-17(7-10-18)12-15(19)14-11-13(2)4-5-16(14)20-17/h4-5,11,15,19H,3,6-10,12H2,1-2H3. The predicted molar refractivity (Wildman–Crippen MR) is 80.1 cm³/mol. The first-order chi connectivity index (χ1) is 9.62. The Morgan fingerprint density at radius 2 is 2.10 bits per heavy atom.